The van der Waals surface area contributed by atoms with Crippen molar-refractivity contribution in [1.29, 1.82) is 0 Å². The molecule has 0 heterocycles. The van der Waals surface area contributed by atoms with Crippen LogP contribution in [-0.2, 0) is 4.79 Å². The Morgan fingerprint density at radius 3 is 2.00 bits per heavy atom. The van der Waals surface area contributed by atoms with Gasteiger partial charge < -0.3 is 9.90 Å². The fraction of sp³-hybridized carbons (Fsp3) is 0.222. The SMILES string of the molecule is CC(C)=O.Oc1ccccc1I. The van der Waals surface area contributed by atoms with E-state index in [0.29, 0.717) is 5.75 Å². The lowest BCUT2D eigenvalue weighted by Gasteiger charge is -1.90. The summed E-state index contributed by atoms with van der Waals surface area (Å²) in [6.45, 7) is 3.06. The summed E-state index contributed by atoms with van der Waals surface area (Å²) >= 11 is 2.07. The minimum atomic E-state index is 0.167. The van der Waals surface area contributed by atoms with Gasteiger partial charge in [0.2, 0.25) is 0 Å². The van der Waals surface area contributed by atoms with Crippen LogP contribution < -0.4 is 0 Å². The van der Waals surface area contributed by atoms with Crippen molar-refractivity contribution in [3.63, 3.8) is 0 Å². The number of carbonyl (C=O) groups is 1. The molecule has 2 nitrogen and oxygen atoms in total. The summed E-state index contributed by atoms with van der Waals surface area (Å²) in [4.78, 5) is 9.44. The van der Waals surface area contributed by atoms with Crippen LogP contribution >= 0.6 is 22.6 Å². The average Bonchev–Trinajstić information content (AvgIpc) is 1.94. The van der Waals surface area contributed by atoms with Crippen molar-refractivity contribution >= 4 is 28.4 Å². The highest BCUT2D eigenvalue weighted by Gasteiger charge is 1.89. The van der Waals surface area contributed by atoms with E-state index >= 15 is 0 Å². The number of halogens is 1. The fourth-order valence-electron chi connectivity index (χ4n) is 0.452. The molecule has 3 heteroatoms. The summed E-state index contributed by atoms with van der Waals surface area (Å²) in [5.41, 5.74) is 0. The Hall–Kier alpha value is -0.580. The van der Waals surface area contributed by atoms with Gasteiger partial charge in [0.1, 0.15) is 11.5 Å². The molecular weight excluding hydrogens is 267 g/mol. The van der Waals surface area contributed by atoms with Crippen LogP contribution in [0.3, 0.4) is 0 Å². The Kier molecular flexibility index (Phi) is 5.70. The highest BCUT2D eigenvalue weighted by atomic mass is 127. The van der Waals surface area contributed by atoms with Crippen molar-refractivity contribution in [1.82, 2.24) is 0 Å². The van der Waals surface area contributed by atoms with Gasteiger partial charge in [-0.15, -0.1) is 0 Å². The number of benzene rings is 1. The molecule has 1 N–H and O–H groups in total. The average molecular weight is 278 g/mol. The number of rotatable bonds is 0. The summed E-state index contributed by atoms with van der Waals surface area (Å²) < 4.78 is 0.894. The number of ketones is 1. The number of carbonyl (C=O) groups excluding carboxylic acids is 1. The van der Waals surface area contributed by atoms with Gasteiger partial charge in [0.05, 0.1) is 3.57 Å². The van der Waals surface area contributed by atoms with Crippen molar-refractivity contribution in [3.8, 4) is 5.75 Å². The Morgan fingerprint density at radius 2 is 1.75 bits per heavy atom. The maximum absolute atomic E-state index is 9.44. The van der Waals surface area contributed by atoms with Crippen LogP contribution in [0.2, 0.25) is 0 Å². The van der Waals surface area contributed by atoms with Crippen LogP contribution in [-0.4, -0.2) is 10.9 Å². The minimum absolute atomic E-state index is 0.167. The van der Waals surface area contributed by atoms with E-state index in [4.69, 9.17) is 5.11 Å². The highest BCUT2D eigenvalue weighted by molar-refractivity contribution is 14.1. The molecule has 0 fully saturated rings. The zero-order valence-electron chi connectivity index (χ0n) is 7.04. The molecule has 0 spiro atoms. The van der Waals surface area contributed by atoms with Gasteiger partial charge in [0.25, 0.3) is 0 Å². The Balaban J connectivity index is 0.000000261. The molecule has 0 atom stereocenters. The topological polar surface area (TPSA) is 37.3 Å². The van der Waals surface area contributed by atoms with E-state index < -0.39 is 0 Å². The van der Waals surface area contributed by atoms with Crippen LogP contribution in [0.1, 0.15) is 13.8 Å². The molecule has 0 saturated carbocycles. The van der Waals surface area contributed by atoms with Crippen LogP contribution in [0.4, 0.5) is 0 Å². The summed E-state index contributed by atoms with van der Waals surface area (Å²) in [5.74, 6) is 0.521. The molecule has 0 radical (unpaired) electrons. The first-order chi connectivity index (χ1) is 5.54. The Bertz CT molecular complexity index is 233. The zero-order valence-corrected chi connectivity index (χ0v) is 9.20. The molecule has 1 aromatic carbocycles. The van der Waals surface area contributed by atoms with Gasteiger partial charge in [0, 0.05) is 0 Å². The number of aromatic hydroxyl groups is 1. The Morgan fingerprint density at radius 1 is 1.33 bits per heavy atom. The van der Waals surface area contributed by atoms with E-state index in [1.807, 2.05) is 12.1 Å². The van der Waals surface area contributed by atoms with E-state index in [1.165, 1.54) is 13.8 Å². The van der Waals surface area contributed by atoms with Gasteiger partial charge in [-0.05, 0) is 48.6 Å². The molecule has 0 saturated heterocycles. The molecule has 0 bridgehead atoms. The van der Waals surface area contributed by atoms with Crippen LogP contribution in [0.15, 0.2) is 24.3 Å². The lowest BCUT2D eigenvalue weighted by atomic mass is 10.3. The molecule has 0 aliphatic rings. The minimum Gasteiger partial charge on any atom is -0.507 e. The fourth-order valence-corrected chi connectivity index (χ4v) is 0.839. The van der Waals surface area contributed by atoms with Gasteiger partial charge in [0.15, 0.2) is 0 Å². The molecule has 1 aromatic rings. The predicted molar refractivity (Wildman–Crippen MR) is 57.2 cm³/mol. The Labute approximate surface area is 85.7 Å². The zero-order chi connectivity index (χ0) is 9.56. The first-order valence-corrected chi connectivity index (χ1v) is 4.52. The van der Waals surface area contributed by atoms with Crippen molar-refractivity contribution < 1.29 is 9.90 Å². The molecular formula is C9H11IO2. The number of para-hydroxylation sites is 1. The van der Waals surface area contributed by atoms with Crippen molar-refractivity contribution in [3.05, 3.63) is 27.8 Å². The molecule has 0 aliphatic heterocycles. The molecule has 66 valence electrons. The maximum Gasteiger partial charge on any atom is 0.128 e. The monoisotopic (exact) mass is 278 g/mol. The second-order valence-electron chi connectivity index (χ2n) is 2.36. The van der Waals surface area contributed by atoms with E-state index in [2.05, 4.69) is 22.6 Å². The summed E-state index contributed by atoms with van der Waals surface area (Å²) in [6, 6.07) is 7.22. The van der Waals surface area contributed by atoms with Crippen molar-refractivity contribution in [2.45, 2.75) is 13.8 Å². The first-order valence-electron chi connectivity index (χ1n) is 3.44. The molecule has 1 rings (SSSR count). The van der Waals surface area contributed by atoms with Gasteiger partial charge in [-0.1, -0.05) is 12.1 Å². The molecule has 0 amide bonds. The van der Waals surface area contributed by atoms with E-state index in [1.54, 1.807) is 12.1 Å². The predicted octanol–water partition coefficient (Wildman–Crippen LogP) is 2.59. The third-order valence-corrected chi connectivity index (χ3v) is 1.76. The van der Waals surface area contributed by atoms with Crippen LogP contribution in [0, 0.1) is 3.57 Å². The van der Waals surface area contributed by atoms with Crippen LogP contribution in [0.5, 0.6) is 5.75 Å². The van der Waals surface area contributed by atoms with Crippen molar-refractivity contribution in [2.75, 3.05) is 0 Å². The molecule has 0 aliphatic carbocycles. The maximum atomic E-state index is 9.44. The first kappa shape index (κ1) is 11.4. The molecule has 0 unspecified atom stereocenters. The van der Waals surface area contributed by atoms with Crippen molar-refractivity contribution in [2.24, 2.45) is 0 Å². The number of phenolic OH excluding ortho intramolecular Hbond substituents is 1. The van der Waals surface area contributed by atoms with Gasteiger partial charge in [-0.2, -0.15) is 0 Å². The lowest BCUT2D eigenvalue weighted by molar-refractivity contribution is -0.114. The second kappa shape index (κ2) is 5.99. The largest absolute Gasteiger partial charge is 0.507 e. The quantitative estimate of drug-likeness (QED) is 0.741. The van der Waals surface area contributed by atoms with Gasteiger partial charge in [-0.25, -0.2) is 0 Å². The van der Waals surface area contributed by atoms with E-state index in [-0.39, 0.29) is 5.78 Å². The highest BCUT2D eigenvalue weighted by Crippen LogP contribution is 2.16. The molecule has 0 aromatic heterocycles. The third-order valence-electron chi connectivity index (χ3n) is 0.852. The normalized spacial score (nSPS) is 8.25. The van der Waals surface area contributed by atoms with Gasteiger partial charge >= 0.3 is 0 Å². The number of phenols is 1. The summed E-state index contributed by atoms with van der Waals surface area (Å²) in [7, 11) is 0. The summed E-state index contributed by atoms with van der Waals surface area (Å²) in [5, 5.41) is 8.91. The van der Waals surface area contributed by atoms with E-state index in [9.17, 15) is 4.79 Å². The number of hydrogen-bond acceptors (Lipinski definition) is 2. The smallest absolute Gasteiger partial charge is 0.128 e. The number of Topliss-reactive ketones (excluding diaryl/α,β-unsaturated/α-hetero) is 1. The lowest BCUT2D eigenvalue weighted by Crippen LogP contribution is -1.69. The van der Waals surface area contributed by atoms with Gasteiger partial charge in [-0.3, -0.25) is 0 Å². The third kappa shape index (κ3) is 6.15. The second-order valence-corrected chi connectivity index (χ2v) is 3.52. The van der Waals surface area contributed by atoms with E-state index in [0.717, 1.165) is 3.57 Å². The van der Waals surface area contributed by atoms with Crippen LogP contribution in [0.25, 0.3) is 0 Å². The summed E-state index contributed by atoms with van der Waals surface area (Å²) in [6.07, 6.45) is 0. The molecule has 12 heavy (non-hydrogen) atoms. The number of hydrogen-bond donors (Lipinski definition) is 1. The standard InChI is InChI=1S/C6H5IO.C3H6O/c7-5-3-1-2-4-6(5)8;1-3(2)4/h1-4,8H;1-2H3.